The molecule has 2 rings (SSSR count). The predicted molar refractivity (Wildman–Crippen MR) is 81.4 cm³/mol. The molecule has 1 aromatic rings. The first-order chi connectivity index (χ1) is 9.65. The Kier molecular flexibility index (Phi) is 7.07. The average Bonchev–Trinajstić information content (AvgIpc) is 2.96. The number of hydrogen-bond acceptors (Lipinski definition) is 6. The van der Waals surface area contributed by atoms with Gasteiger partial charge in [-0.05, 0) is 14.0 Å². The minimum Gasteiger partial charge on any atom is -0.339 e. The van der Waals surface area contributed by atoms with E-state index in [0.717, 1.165) is 38.4 Å². The number of aryl methyl sites for hydroxylation is 1. The van der Waals surface area contributed by atoms with Gasteiger partial charge >= 0.3 is 0 Å². The van der Waals surface area contributed by atoms with Crippen LogP contribution in [0, 0.1) is 0 Å². The van der Waals surface area contributed by atoms with E-state index in [1.165, 1.54) is 0 Å². The van der Waals surface area contributed by atoms with E-state index in [-0.39, 0.29) is 24.4 Å². The molecule has 1 fully saturated rings. The van der Waals surface area contributed by atoms with Gasteiger partial charge in [0.2, 0.25) is 11.8 Å². The lowest BCUT2D eigenvalue weighted by molar-refractivity contribution is -0.132. The van der Waals surface area contributed by atoms with Crippen molar-refractivity contribution in [2.45, 2.75) is 26.3 Å². The molecule has 0 aliphatic carbocycles. The van der Waals surface area contributed by atoms with Crippen molar-refractivity contribution >= 4 is 18.3 Å². The van der Waals surface area contributed by atoms with Crippen LogP contribution in [0.4, 0.5) is 0 Å². The molecular weight excluding hydrogens is 294 g/mol. The molecule has 0 bridgehead atoms. The molecule has 0 aromatic carbocycles. The van der Waals surface area contributed by atoms with Crippen LogP contribution >= 0.6 is 12.4 Å². The summed E-state index contributed by atoms with van der Waals surface area (Å²) in [5, 5.41) is 6.83. The summed E-state index contributed by atoms with van der Waals surface area (Å²) < 4.78 is 5.29. The number of aromatic nitrogens is 2. The molecule has 7 nitrogen and oxygen atoms in total. The second kappa shape index (κ2) is 8.31. The van der Waals surface area contributed by atoms with E-state index in [2.05, 4.69) is 27.3 Å². The highest BCUT2D eigenvalue weighted by atomic mass is 35.5. The number of amides is 1. The Morgan fingerprint density at radius 2 is 2.05 bits per heavy atom. The lowest BCUT2D eigenvalue weighted by Gasteiger charge is -2.36. The van der Waals surface area contributed by atoms with Gasteiger partial charge in [-0.25, -0.2) is 0 Å². The zero-order valence-corrected chi connectivity index (χ0v) is 13.7. The molecule has 2 heterocycles. The molecule has 1 aliphatic rings. The fourth-order valence-electron chi connectivity index (χ4n) is 2.36. The summed E-state index contributed by atoms with van der Waals surface area (Å²) in [6, 6.07) is 0.101. The molecule has 1 unspecified atom stereocenters. The fourth-order valence-corrected chi connectivity index (χ4v) is 2.36. The average molecular weight is 318 g/mol. The Balaban J connectivity index is 0.00000220. The minimum absolute atomic E-state index is 0. The van der Waals surface area contributed by atoms with Gasteiger partial charge in [0.25, 0.3) is 0 Å². The van der Waals surface area contributed by atoms with Gasteiger partial charge in [0.05, 0.1) is 12.6 Å². The molecule has 120 valence electrons. The van der Waals surface area contributed by atoms with E-state index < -0.39 is 0 Å². The van der Waals surface area contributed by atoms with Crippen molar-refractivity contribution in [1.29, 1.82) is 0 Å². The molecule has 1 saturated heterocycles. The van der Waals surface area contributed by atoms with Gasteiger partial charge in [-0.3, -0.25) is 9.69 Å². The Morgan fingerprint density at radius 1 is 1.38 bits per heavy atom. The maximum absolute atomic E-state index is 11.8. The molecule has 8 heteroatoms. The number of rotatable bonds is 5. The maximum Gasteiger partial charge on any atom is 0.243 e. The van der Waals surface area contributed by atoms with Crippen molar-refractivity contribution in [1.82, 2.24) is 25.3 Å². The van der Waals surface area contributed by atoms with Crippen molar-refractivity contribution < 1.29 is 9.32 Å². The number of likely N-dealkylation sites (N-methyl/N-ethyl adjacent to an activating group) is 1. The van der Waals surface area contributed by atoms with E-state index in [4.69, 9.17) is 4.52 Å². The second-order valence-electron chi connectivity index (χ2n) is 5.03. The number of carbonyl (C=O) groups is 1. The van der Waals surface area contributed by atoms with Gasteiger partial charge in [0, 0.05) is 32.6 Å². The SMILES string of the molecule is CCc1noc(C(C)N2CCN(C(=O)CNC)CC2)n1.Cl. The summed E-state index contributed by atoms with van der Waals surface area (Å²) in [5.74, 6) is 1.57. The first kappa shape index (κ1) is 17.9. The van der Waals surface area contributed by atoms with Gasteiger partial charge in [-0.15, -0.1) is 12.4 Å². The van der Waals surface area contributed by atoms with Crippen molar-refractivity contribution in [3.63, 3.8) is 0 Å². The number of hydrogen-bond donors (Lipinski definition) is 1. The largest absolute Gasteiger partial charge is 0.339 e. The normalized spacial score (nSPS) is 17.4. The maximum atomic E-state index is 11.8. The summed E-state index contributed by atoms with van der Waals surface area (Å²) in [6.45, 7) is 7.64. The van der Waals surface area contributed by atoms with E-state index in [9.17, 15) is 4.79 Å². The molecule has 0 spiro atoms. The zero-order chi connectivity index (χ0) is 14.5. The molecule has 1 aromatic heterocycles. The number of nitrogens with one attached hydrogen (secondary N) is 1. The standard InChI is InChI=1S/C13H23N5O2.ClH/c1-4-11-15-13(20-16-11)10(2)17-5-7-18(8-6-17)12(19)9-14-3;/h10,14H,4-9H2,1-3H3;1H. The third-order valence-electron chi connectivity index (χ3n) is 3.70. The summed E-state index contributed by atoms with van der Waals surface area (Å²) in [6.07, 6.45) is 0.780. The van der Waals surface area contributed by atoms with Crippen LogP contribution < -0.4 is 5.32 Å². The van der Waals surface area contributed by atoms with E-state index in [0.29, 0.717) is 12.4 Å². The molecule has 21 heavy (non-hydrogen) atoms. The van der Waals surface area contributed by atoms with E-state index in [1.54, 1.807) is 7.05 Å². The fraction of sp³-hybridized carbons (Fsp3) is 0.769. The second-order valence-corrected chi connectivity index (χ2v) is 5.03. The number of piperazine rings is 1. The molecular formula is C13H24ClN5O2. The Labute approximate surface area is 131 Å². The predicted octanol–water partition coefficient (Wildman–Crippen LogP) is 0.478. The van der Waals surface area contributed by atoms with Gasteiger partial charge in [0.15, 0.2) is 5.82 Å². The Bertz CT molecular complexity index is 446. The highest BCUT2D eigenvalue weighted by Gasteiger charge is 2.27. The molecule has 0 saturated carbocycles. The zero-order valence-electron chi connectivity index (χ0n) is 12.8. The number of halogens is 1. The van der Waals surface area contributed by atoms with Crippen molar-refractivity contribution in [2.24, 2.45) is 0 Å². The molecule has 1 aliphatic heterocycles. The van der Waals surface area contributed by atoms with Crippen LogP contribution in [0.3, 0.4) is 0 Å². The molecule has 0 radical (unpaired) electrons. The van der Waals surface area contributed by atoms with Crippen LogP contribution in [0.2, 0.25) is 0 Å². The summed E-state index contributed by atoms with van der Waals surface area (Å²) in [4.78, 5) is 20.3. The highest BCUT2D eigenvalue weighted by molar-refractivity contribution is 5.85. The Morgan fingerprint density at radius 3 is 2.57 bits per heavy atom. The first-order valence-corrected chi connectivity index (χ1v) is 7.14. The molecule has 1 N–H and O–H groups in total. The van der Waals surface area contributed by atoms with Crippen LogP contribution in [0.15, 0.2) is 4.52 Å². The van der Waals surface area contributed by atoms with Crippen LogP contribution in [0.5, 0.6) is 0 Å². The lowest BCUT2D eigenvalue weighted by atomic mass is 10.2. The molecule has 1 amide bonds. The van der Waals surface area contributed by atoms with Gasteiger partial charge in [0.1, 0.15) is 0 Å². The summed E-state index contributed by atoms with van der Waals surface area (Å²) in [7, 11) is 1.79. The number of carbonyl (C=O) groups excluding carboxylic acids is 1. The van der Waals surface area contributed by atoms with Gasteiger partial charge in [-0.1, -0.05) is 12.1 Å². The first-order valence-electron chi connectivity index (χ1n) is 7.14. The number of nitrogens with zero attached hydrogens (tertiary/aromatic N) is 4. The minimum atomic E-state index is 0. The Hall–Kier alpha value is -1.18. The van der Waals surface area contributed by atoms with Crippen molar-refractivity contribution in [3.05, 3.63) is 11.7 Å². The summed E-state index contributed by atoms with van der Waals surface area (Å²) >= 11 is 0. The molecule has 1 atom stereocenters. The smallest absolute Gasteiger partial charge is 0.243 e. The van der Waals surface area contributed by atoms with Crippen LogP contribution in [0.1, 0.15) is 31.6 Å². The van der Waals surface area contributed by atoms with Crippen LogP contribution in [-0.2, 0) is 11.2 Å². The quantitative estimate of drug-likeness (QED) is 0.851. The van der Waals surface area contributed by atoms with Crippen molar-refractivity contribution in [2.75, 3.05) is 39.8 Å². The summed E-state index contributed by atoms with van der Waals surface area (Å²) in [5.41, 5.74) is 0. The van der Waals surface area contributed by atoms with E-state index in [1.807, 2.05) is 11.8 Å². The van der Waals surface area contributed by atoms with Crippen molar-refractivity contribution in [3.8, 4) is 0 Å². The van der Waals surface area contributed by atoms with Crippen LogP contribution in [0.25, 0.3) is 0 Å². The third kappa shape index (κ3) is 4.39. The topological polar surface area (TPSA) is 74.5 Å². The van der Waals surface area contributed by atoms with Gasteiger partial charge < -0.3 is 14.7 Å². The third-order valence-corrected chi connectivity index (χ3v) is 3.70. The lowest BCUT2D eigenvalue weighted by Crippen LogP contribution is -2.51. The van der Waals surface area contributed by atoms with E-state index >= 15 is 0 Å². The monoisotopic (exact) mass is 317 g/mol. The van der Waals surface area contributed by atoms with Crippen LogP contribution in [-0.4, -0.2) is 65.6 Å². The highest BCUT2D eigenvalue weighted by Crippen LogP contribution is 2.20. The van der Waals surface area contributed by atoms with Gasteiger partial charge in [-0.2, -0.15) is 4.98 Å².